The highest BCUT2D eigenvalue weighted by Gasteiger charge is 2.24. The molecule has 1 heterocycles. The van der Waals surface area contributed by atoms with Gasteiger partial charge in [0.05, 0.1) is 13.2 Å². The normalized spacial score (nSPS) is 12.5. The quantitative estimate of drug-likeness (QED) is 0.639. The lowest BCUT2D eigenvalue weighted by molar-refractivity contribution is 0.0837. The summed E-state index contributed by atoms with van der Waals surface area (Å²) in [6.07, 6.45) is 1.77. The minimum Gasteiger partial charge on any atom is -0.494 e. The Bertz CT molecular complexity index is 919. The van der Waals surface area contributed by atoms with Gasteiger partial charge in [-0.2, -0.15) is 0 Å². The SMILES string of the molecule is CCN(Cc1ccc(OC)c(F)c1)[C@@H](C)C(=O)c1c[nH]c2ccccc12. The molecule has 0 spiro atoms. The van der Waals surface area contributed by atoms with Crippen LogP contribution in [0.4, 0.5) is 4.39 Å². The van der Waals surface area contributed by atoms with Gasteiger partial charge >= 0.3 is 0 Å². The molecule has 3 rings (SSSR count). The van der Waals surface area contributed by atoms with Crippen LogP contribution in [0.5, 0.6) is 5.75 Å². The molecule has 0 amide bonds. The molecule has 1 atom stereocenters. The van der Waals surface area contributed by atoms with Gasteiger partial charge in [0.15, 0.2) is 17.3 Å². The number of rotatable bonds is 7. The van der Waals surface area contributed by atoms with Crippen molar-refractivity contribution in [1.29, 1.82) is 0 Å². The van der Waals surface area contributed by atoms with Crippen LogP contribution in [-0.4, -0.2) is 35.4 Å². The van der Waals surface area contributed by atoms with Crippen LogP contribution in [0, 0.1) is 5.82 Å². The zero-order chi connectivity index (χ0) is 18.7. The fraction of sp³-hybridized carbons (Fsp3) is 0.286. The Morgan fingerprint density at radius 1 is 1.27 bits per heavy atom. The smallest absolute Gasteiger partial charge is 0.181 e. The van der Waals surface area contributed by atoms with Gasteiger partial charge in [-0.25, -0.2) is 4.39 Å². The first kappa shape index (κ1) is 18.1. The van der Waals surface area contributed by atoms with Gasteiger partial charge in [0.25, 0.3) is 0 Å². The van der Waals surface area contributed by atoms with Gasteiger partial charge in [-0.15, -0.1) is 0 Å². The lowest BCUT2D eigenvalue weighted by Gasteiger charge is -2.27. The molecule has 0 fully saturated rings. The third kappa shape index (κ3) is 3.48. The molecule has 0 saturated heterocycles. The number of ketones is 1. The summed E-state index contributed by atoms with van der Waals surface area (Å²) >= 11 is 0. The average Bonchev–Trinajstić information content (AvgIpc) is 3.09. The van der Waals surface area contributed by atoms with E-state index in [0.29, 0.717) is 18.7 Å². The molecule has 26 heavy (non-hydrogen) atoms. The maximum Gasteiger partial charge on any atom is 0.181 e. The lowest BCUT2D eigenvalue weighted by atomic mass is 10.0. The highest BCUT2D eigenvalue weighted by molar-refractivity contribution is 6.10. The second kappa shape index (κ2) is 7.70. The van der Waals surface area contributed by atoms with Gasteiger partial charge in [0, 0.05) is 29.2 Å². The summed E-state index contributed by atoms with van der Waals surface area (Å²) in [6.45, 7) is 5.07. The van der Waals surface area contributed by atoms with Crippen molar-refractivity contribution in [3.8, 4) is 5.75 Å². The first-order valence-electron chi connectivity index (χ1n) is 8.72. The maximum atomic E-state index is 13.9. The fourth-order valence-corrected chi connectivity index (χ4v) is 3.23. The number of aromatic amines is 1. The second-order valence-corrected chi connectivity index (χ2v) is 6.32. The maximum absolute atomic E-state index is 13.9. The van der Waals surface area contributed by atoms with E-state index in [4.69, 9.17) is 4.74 Å². The zero-order valence-corrected chi connectivity index (χ0v) is 15.3. The van der Waals surface area contributed by atoms with E-state index in [0.717, 1.165) is 16.5 Å². The summed E-state index contributed by atoms with van der Waals surface area (Å²) in [5.74, 6) is -0.116. The number of fused-ring (bicyclic) bond motifs is 1. The molecule has 2 aromatic carbocycles. The first-order chi connectivity index (χ1) is 12.5. The van der Waals surface area contributed by atoms with Crippen molar-refractivity contribution in [1.82, 2.24) is 9.88 Å². The van der Waals surface area contributed by atoms with E-state index in [1.54, 1.807) is 12.3 Å². The minimum atomic E-state index is -0.392. The predicted octanol–water partition coefficient (Wildman–Crippen LogP) is 4.41. The molecule has 0 aliphatic carbocycles. The summed E-state index contributed by atoms with van der Waals surface area (Å²) in [7, 11) is 1.44. The van der Waals surface area contributed by atoms with Crippen LogP contribution in [0.15, 0.2) is 48.7 Å². The third-order valence-electron chi connectivity index (χ3n) is 4.79. The van der Waals surface area contributed by atoms with Crippen molar-refractivity contribution in [2.45, 2.75) is 26.4 Å². The number of nitrogens with one attached hydrogen (secondary N) is 1. The van der Waals surface area contributed by atoms with Crippen molar-refractivity contribution in [2.24, 2.45) is 0 Å². The number of nitrogens with zero attached hydrogens (tertiary/aromatic N) is 1. The van der Waals surface area contributed by atoms with E-state index in [2.05, 4.69) is 4.98 Å². The van der Waals surface area contributed by atoms with Crippen molar-refractivity contribution in [3.63, 3.8) is 0 Å². The number of halogens is 1. The highest BCUT2D eigenvalue weighted by Crippen LogP contribution is 2.23. The summed E-state index contributed by atoms with van der Waals surface area (Å²) in [4.78, 5) is 18.2. The van der Waals surface area contributed by atoms with Crippen molar-refractivity contribution in [3.05, 3.63) is 65.6 Å². The topological polar surface area (TPSA) is 45.3 Å². The van der Waals surface area contributed by atoms with Gasteiger partial charge in [-0.3, -0.25) is 9.69 Å². The molecule has 1 aromatic heterocycles. The number of hydrogen-bond acceptors (Lipinski definition) is 3. The van der Waals surface area contributed by atoms with Gasteiger partial charge < -0.3 is 9.72 Å². The number of methoxy groups -OCH3 is 1. The number of Topliss-reactive ketones (excluding diaryl/α,β-unsaturated/α-hetero) is 1. The number of para-hydroxylation sites is 1. The molecule has 5 heteroatoms. The van der Waals surface area contributed by atoms with Gasteiger partial charge in [-0.1, -0.05) is 31.2 Å². The van der Waals surface area contributed by atoms with Crippen LogP contribution in [0.25, 0.3) is 10.9 Å². The molecule has 1 N–H and O–H groups in total. The van der Waals surface area contributed by atoms with E-state index in [1.807, 2.05) is 49.1 Å². The molecule has 3 aromatic rings. The van der Waals surface area contributed by atoms with Gasteiger partial charge in [-0.05, 0) is 37.2 Å². The summed E-state index contributed by atoms with van der Waals surface area (Å²) in [5.41, 5.74) is 2.44. The van der Waals surface area contributed by atoms with Crippen LogP contribution in [-0.2, 0) is 6.54 Å². The molecule has 4 nitrogen and oxygen atoms in total. The number of hydrogen-bond donors (Lipinski definition) is 1. The van der Waals surface area contributed by atoms with Gasteiger partial charge in [0.2, 0.25) is 0 Å². The minimum absolute atomic E-state index is 0.0540. The van der Waals surface area contributed by atoms with Crippen LogP contribution >= 0.6 is 0 Å². The zero-order valence-electron chi connectivity index (χ0n) is 15.3. The number of H-pyrrole nitrogens is 1. The van der Waals surface area contributed by atoms with Gasteiger partial charge in [0.1, 0.15) is 0 Å². The molecular weight excluding hydrogens is 331 g/mol. The Morgan fingerprint density at radius 2 is 2.04 bits per heavy atom. The van der Waals surface area contributed by atoms with Crippen molar-refractivity contribution >= 4 is 16.7 Å². The molecular formula is C21H23FN2O2. The first-order valence-corrected chi connectivity index (χ1v) is 8.72. The molecule has 0 aliphatic rings. The Morgan fingerprint density at radius 3 is 2.73 bits per heavy atom. The standard InChI is InChI=1S/C21H23FN2O2/c1-4-24(13-15-9-10-20(26-3)18(22)11-15)14(2)21(25)17-12-23-19-8-6-5-7-16(17)19/h5-12,14,23H,4,13H2,1-3H3/t14-/m0/s1. The van der Waals surface area contributed by atoms with E-state index in [-0.39, 0.29) is 17.6 Å². The molecule has 0 aliphatic heterocycles. The van der Waals surface area contributed by atoms with Crippen LogP contribution in [0.2, 0.25) is 0 Å². The van der Waals surface area contributed by atoms with Crippen LogP contribution in [0.1, 0.15) is 29.8 Å². The number of benzene rings is 2. The summed E-state index contributed by atoms with van der Waals surface area (Å²) in [5, 5.41) is 0.927. The highest BCUT2D eigenvalue weighted by atomic mass is 19.1. The van der Waals surface area contributed by atoms with E-state index < -0.39 is 5.82 Å². The fourth-order valence-electron chi connectivity index (χ4n) is 3.23. The Hall–Kier alpha value is -2.66. The summed E-state index contributed by atoms with van der Waals surface area (Å²) in [6, 6.07) is 12.4. The third-order valence-corrected chi connectivity index (χ3v) is 4.79. The Balaban J connectivity index is 1.81. The Labute approximate surface area is 152 Å². The molecule has 0 bridgehead atoms. The number of ether oxygens (including phenoxy) is 1. The Kier molecular flexibility index (Phi) is 5.38. The predicted molar refractivity (Wildman–Crippen MR) is 101 cm³/mol. The van der Waals surface area contributed by atoms with Crippen molar-refractivity contribution in [2.75, 3.05) is 13.7 Å². The van der Waals surface area contributed by atoms with Crippen molar-refractivity contribution < 1.29 is 13.9 Å². The molecule has 0 radical (unpaired) electrons. The van der Waals surface area contributed by atoms with Crippen LogP contribution < -0.4 is 4.74 Å². The summed E-state index contributed by atoms with van der Waals surface area (Å²) < 4.78 is 18.9. The molecule has 0 unspecified atom stereocenters. The average molecular weight is 354 g/mol. The molecule has 136 valence electrons. The van der Waals surface area contributed by atoms with E-state index >= 15 is 0 Å². The number of carbonyl (C=O) groups excluding carboxylic acids is 1. The molecule has 0 saturated carbocycles. The number of likely N-dealkylation sites (N-methyl/N-ethyl adjacent to an activating group) is 1. The second-order valence-electron chi connectivity index (χ2n) is 6.32. The van der Waals surface area contributed by atoms with E-state index in [9.17, 15) is 9.18 Å². The lowest BCUT2D eigenvalue weighted by Crippen LogP contribution is -2.38. The van der Waals surface area contributed by atoms with E-state index in [1.165, 1.54) is 13.2 Å². The number of aromatic nitrogens is 1. The monoisotopic (exact) mass is 354 g/mol. The number of carbonyl (C=O) groups is 1. The largest absolute Gasteiger partial charge is 0.494 e. The van der Waals surface area contributed by atoms with Crippen LogP contribution in [0.3, 0.4) is 0 Å².